The van der Waals surface area contributed by atoms with Crippen molar-refractivity contribution in [2.24, 2.45) is 0 Å². The Morgan fingerprint density at radius 2 is 2.50 bits per heavy atom. The Morgan fingerprint density at radius 1 is 1.88 bits per heavy atom. The molecule has 0 atom stereocenters. The molecule has 2 N–H and O–H groups in total. The fourth-order valence-electron chi connectivity index (χ4n) is 0.170. The van der Waals surface area contributed by atoms with E-state index in [1.807, 2.05) is 0 Å². The van der Waals surface area contributed by atoms with Gasteiger partial charge >= 0.3 is 46.3 Å². The molecule has 0 saturated carbocycles. The number of aliphatic carboxylic acids is 1. The molecule has 8 heavy (non-hydrogen) atoms. The Hall–Kier alpha value is -0.470. The molecule has 0 aliphatic rings. The number of carboxylic acids is 1. The molecule has 0 saturated heterocycles. The van der Waals surface area contributed by atoms with Crippen molar-refractivity contribution in [2.75, 3.05) is 6.54 Å². The van der Waals surface area contributed by atoms with Crippen molar-refractivity contribution in [1.82, 2.24) is 5.32 Å². The van der Waals surface area contributed by atoms with Crippen molar-refractivity contribution in [3.05, 3.63) is 0 Å². The molecule has 0 fully saturated rings. The predicted molar refractivity (Wildman–Crippen MR) is 29.3 cm³/mol. The van der Waals surface area contributed by atoms with Crippen molar-refractivity contribution in [3.63, 3.8) is 0 Å². The van der Waals surface area contributed by atoms with Gasteiger partial charge in [-0.25, -0.2) is 0 Å². The molecule has 0 radical (unpaired) electrons. The summed E-state index contributed by atoms with van der Waals surface area (Å²) in [6, 6.07) is 0. The van der Waals surface area contributed by atoms with Crippen LogP contribution in [0.3, 0.4) is 0 Å². The molecule has 0 rings (SSSR count). The molecule has 0 aromatic carbocycles. The van der Waals surface area contributed by atoms with Crippen molar-refractivity contribution in [3.8, 4) is 0 Å². The number of rotatable bonds is 3. The quantitative estimate of drug-likeness (QED) is 0.520. The second-order valence-corrected chi connectivity index (χ2v) is 1.48. The SMILES string of the molecule is O=[P+]=CNCC(=O)O. The zero-order chi connectivity index (χ0) is 6.41. The summed E-state index contributed by atoms with van der Waals surface area (Å²) >= 11 is 0. The van der Waals surface area contributed by atoms with Gasteiger partial charge in [-0.05, 0) is 0 Å². The van der Waals surface area contributed by atoms with Crippen LogP contribution in [0.2, 0.25) is 0 Å². The van der Waals surface area contributed by atoms with Crippen LogP contribution in [0.5, 0.6) is 0 Å². The first-order valence-electron chi connectivity index (χ1n) is 1.86. The van der Waals surface area contributed by atoms with Crippen LogP contribution in [0.15, 0.2) is 0 Å². The third-order valence-corrected chi connectivity index (χ3v) is 0.685. The number of nitrogens with one attached hydrogen (secondary N) is 1. The first-order valence-corrected chi connectivity index (χ1v) is 2.75. The first kappa shape index (κ1) is 7.53. The van der Waals surface area contributed by atoms with Gasteiger partial charge in [-0.15, -0.1) is 0 Å². The molecule has 0 aliphatic carbocycles. The second-order valence-electron chi connectivity index (χ2n) is 1.01. The standard InChI is InChI=1S/C3H4NO3P/c5-3(6)1-4-2-8-7/h2,4H,1H2/p+1. The topological polar surface area (TPSA) is 66.4 Å². The van der Waals surface area contributed by atoms with E-state index in [4.69, 9.17) is 5.11 Å². The van der Waals surface area contributed by atoms with Crippen molar-refractivity contribution in [2.45, 2.75) is 0 Å². The van der Waals surface area contributed by atoms with E-state index in [2.05, 4.69) is 5.32 Å². The fraction of sp³-hybridized carbons (Fsp3) is 0.333. The first-order chi connectivity index (χ1) is 3.77. The van der Waals surface area contributed by atoms with Crippen LogP contribution < -0.4 is 5.32 Å². The Morgan fingerprint density at radius 3 is 2.88 bits per heavy atom. The molecule has 5 heteroatoms. The molecule has 0 heterocycles. The van der Waals surface area contributed by atoms with Crippen LogP contribution in [-0.2, 0) is 9.36 Å². The van der Waals surface area contributed by atoms with Gasteiger partial charge in [-0.1, -0.05) is 0 Å². The molecule has 0 aliphatic heterocycles. The Labute approximate surface area is 47.4 Å². The van der Waals surface area contributed by atoms with E-state index in [9.17, 15) is 9.36 Å². The summed E-state index contributed by atoms with van der Waals surface area (Å²) in [5.41, 5.74) is 0. The van der Waals surface area contributed by atoms with Gasteiger partial charge in [0.25, 0.3) is 0 Å². The van der Waals surface area contributed by atoms with E-state index in [1.54, 1.807) is 0 Å². The molecule has 44 valence electrons. The number of carboxylic acid groups (broad SMARTS) is 1. The van der Waals surface area contributed by atoms with E-state index >= 15 is 0 Å². The Bertz CT molecular complexity index is 126. The van der Waals surface area contributed by atoms with Gasteiger partial charge in [0.15, 0.2) is 0 Å². The van der Waals surface area contributed by atoms with Gasteiger partial charge < -0.3 is 0 Å². The van der Waals surface area contributed by atoms with E-state index in [-0.39, 0.29) is 14.6 Å². The van der Waals surface area contributed by atoms with Crippen LogP contribution in [-0.4, -0.2) is 23.5 Å². The number of hydrogen-bond acceptors (Lipinski definition) is 2. The van der Waals surface area contributed by atoms with Crippen molar-refractivity contribution >= 4 is 20.0 Å². The summed E-state index contributed by atoms with van der Waals surface area (Å²) in [4.78, 5) is 9.69. The summed E-state index contributed by atoms with van der Waals surface area (Å²) in [6.07, 6.45) is 0. The predicted octanol–water partition coefficient (Wildman–Crippen LogP) is -0.288. The zero-order valence-electron chi connectivity index (χ0n) is 4.00. The van der Waals surface area contributed by atoms with Crippen LogP contribution in [0, 0.1) is 0 Å². The van der Waals surface area contributed by atoms with Crippen LogP contribution >= 0.6 is 8.08 Å². The summed E-state index contributed by atoms with van der Waals surface area (Å²) in [6.45, 7) is -0.185. The van der Waals surface area contributed by atoms with Crippen molar-refractivity contribution < 1.29 is 14.5 Å². The van der Waals surface area contributed by atoms with Gasteiger partial charge in [0.2, 0.25) is 0 Å². The van der Waals surface area contributed by atoms with E-state index in [1.165, 1.54) is 0 Å². The number of hydrogen-bond donors (Lipinski definition) is 2. The Balaban J connectivity index is 3.18. The summed E-state index contributed by atoms with van der Waals surface area (Å²) in [7, 11) is -0.199. The van der Waals surface area contributed by atoms with Gasteiger partial charge in [0.1, 0.15) is 0 Å². The molecule has 0 aromatic heterocycles. The Kier molecular flexibility index (Phi) is 4.41. The van der Waals surface area contributed by atoms with E-state index < -0.39 is 5.97 Å². The molecular weight excluding hydrogens is 129 g/mol. The molecule has 0 amide bonds. The van der Waals surface area contributed by atoms with Crippen LogP contribution in [0.25, 0.3) is 0 Å². The van der Waals surface area contributed by atoms with Gasteiger partial charge in [-0.2, -0.15) is 0 Å². The zero-order valence-corrected chi connectivity index (χ0v) is 4.89. The fourth-order valence-corrected chi connectivity index (χ4v) is 0.336. The summed E-state index contributed by atoms with van der Waals surface area (Å²) in [5, 5.41) is 10.2. The minimum absolute atomic E-state index is 0.185. The molecule has 0 spiro atoms. The van der Waals surface area contributed by atoms with Gasteiger partial charge in [0.05, 0.1) is 0 Å². The van der Waals surface area contributed by atoms with Crippen LogP contribution in [0.1, 0.15) is 0 Å². The molecular formula is C3H5NO3P+. The van der Waals surface area contributed by atoms with E-state index in [0.717, 1.165) is 5.92 Å². The average Bonchev–Trinajstić information content (AvgIpc) is 1.66. The summed E-state index contributed by atoms with van der Waals surface area (Å²) < 4.78 is 9.57. The second kappa shape index (κ2) is 4.68. The normalized spacial score (nSPS) is 8.00. The maximum atomic E-state index is 9.69. The molecule has 4 nitrogen and oxygen atoms in total. The van der Waals surface area contributed by atoms with Crippen molar-refractivity contribution in [1.29, 1.82) is 0 Å². The molecule has 0 aromatic rings. The maximum absolute atomic E-state index is 9.69. The third kappa shape index (κ3) is 5.53. The monoisotopic (exact) mass is 134 g/mol. The van der Waals surface area contributed by atoms with Crippen LogP contribution in [0.4, 0.5) is 0 Å². The minimum atomic E-state index is -0.968. The van der Waals surface area contributed by atoms with E-state index in [0.29, 0.717) is 0 Å². The molecule has 0 unspecified atom stereocenters. The summed E-state index contributed by atoms with van der Waals surface area (Å²) in [5.74, 6) is 0.165. The third-order valence-electron chi connectivity index (χ3n) is 0.397. The number of carbonyl (C=O) groups is 1. The average molecular weight is 134 g/mol. The van der Waals surface area contributed by atoms with Gasteiger partial charge in [0, 0.05) is 0 Å². The molecule has 0 bridgehead atoms. The van der Waals surface area contributed by atoms with Gasteiger partial charge in [-0.3, -0.25) is 0 Å².